The van der Waals surface area contributed by atoms with Crippen molar-refractivity contribution in [2.45, 2.75) is 13.3 Å². The predicted octanol–water partition coefficient (Wildman–Crippen LogP) is 2.87. The molecule has 0 bridgehead atoms. The summed E-state index contributed by atoms with van der Waals surface area (Å²) in [5, 5.41) is 2.82. The largest absolute Gasteiger partial charge is 0.793 e. The van der Waals surface area contributed by atoms with Crippen LogP contribution in [-0.4, -0.2) is 24.0 Å². The lowest BCUT2D eigenvalue weighted by atomic mass is 10.0. The van der Waals surface area contributed by atoms with Crippen LogP contribution in [0.3, 0.4) is 0 Å². The minimum atomic E-state index is -0.161. The van der Waals surface area contributed by atoms with Gasteiger partial charge in [0.15, 0.2) is 5.78 Å². The molecule has 1 amide bonds. The highest BCUT2D eigenvalue weighted by atomic mass is 32.1. The summed E-state index contributed by atoms with van der Waals surface area (Å²) in [5.74, 6) is 0.456. The van der Waals surface area contributed by atoms with Gasteiger partial charge in [-0.3, -0.25) is 9.59 Å². The number of rotatable bonds is 4. The second-order valence-electron chi connectivity index (χ2n) is 5.45. The second kappa shape index (κ2) is 5.97. The first kappa shape index (κ1) is 14.9. The molecule has 0 aliphatic heterocycles. The number of carbonyl (C=O) groups excluding carboxylic acids is 2. The van der Waals surface area contributed by atoms with Gasteiger partial charge in [-0.05, 0) is 36.2 Å². The highest BCUT2D eigenvalue weighted by Crippen LogP contribution is 2.37. The summed E-state index contributed by atoms with van der Waals surface area (Å²) in [6.45, 7) is 2.53. The van der Waals surface area contributed by atoms with Crippen molar-refractivity contribution in [3.63, 3.8) is 0 Å². The number of nitrogens with one attached hydrogen (secondary N) is 1. The van der Waals surface area contributed by atoms with Crippen LogP contribution in [0.5, 0.6) is 0 Å². The van der Waals surface area contributed by atoms with Gasteiger partial charge in [0.2, 0.25) is 0 Å². The van der Waals surface area contributed by atoms with Crippen LogP contribution >= 0.6 is 0 Å². The molecule has 0 heterocycles. The van der Waals surface area contributed by atoms with Gasteiger partial charge in [-0.25, -0.2) is 0 Å². The van der Waals surface area contributed by atoms with Crippen LogP contribution in [0.1, 0.15) is 38.3 Å². The van der Waals surface area contributed by atoms with Crippen molar-refractivity contribution in [2.24, 2.45) is 0 Å². The number of amides is 1. The number of ketones is 1. The van der Waals surface area contributed by atoms with E-state index >= 15 is 0 Å². The molecule has 112 valence electrons. The standard InChI is InChI=1S/C18H17NO2S/c1-11-3-5-13-14-6-4-12(18(21)19-7-2-8-22)10-16(14)17(20)15(13)9-11/h3-6,9-10,22H,2,7-8H2,1H3,(H,19,21)/p-1. The van der Waals surface area contributed by atoms with E-state index in [4.69, 9.17) is 12.6 Å². The Morgan fingerprint density at radius 3 is 2.45 bits per heavy atom. The molecular formula is C18H16NO2S-. The van der Waals surface area contributed by atoms with Gasteiger partial charge in [0, 0.05) is 23.2 Å². The number of hydrogen-bond acceptors (Lipinski definition) is 3. The van der Waals surface area contributed by atoms with E-state index in [9.17, 15) is 9.59 Å². The molecule has 1 N–H and O–H groups in total. The molecule has 3 rings (SSSR count). The summed E-state index contributed by atoms with van der Waals surface area (Å²) in [6.07, 6.45) is 0.773. The number of benzene rings is 2. The van der Waals surface area contributed by atoms with E-state index in [1.165, 1.54) is 0 Å². The Morgan fingerprint density at radius 2 is 1.73 bits per heavy atom. The molecule has 3 nitrogen and oxygen atoms in total. The fourth-order valence-electron chi connectivity index (χ4n) is 2.71. The quantitative estimate of drug-likeness (QED) is 0.595. The molecule has 0 atom stereocenters. The van der Waals surface area contributed by atoms with Crippen LogP contribution in [0.4, 0.5) is 0 Å². The zero-order chi connectivity index (χ0) is 15.7. The molecule has 0 saturated carbocycles. The molecule has 2 aromatic rings. The maximum atomic E-state index is 12.5. The summed E-state index contributed by atoms with van der Waals surface area (Å²) < 4.78 is 0. The SMILES string of the molecule is Cc1ccc2c(c1)C(=O)c1cc(C(=O)NCCC[S-])ccc1-2. The Bertz CT molecular complexity index is 768. The molecule has 1 aliphatic carbocycles. The first-order valence-corrected chi connectivity index (χ1v) is 7.85. The van der Waals surface area contributed by atoms with E-state index in [1.807, 2.05) is 31.2 Å². The van der Waals surface area contributed by atoms with Crippen LogP contribution < -0.4 is 5.32 Å². The Hall–Kier alpha value is -2.07. The zero-order valence-electron chi connectivity index (χ0n) is 12.3. The summed E-state index contributed by atoms with van der Waals surface area (Å²) in [6, 6.07) is 11.2. The summed E-state index contributed by atoms with van der Waals surface area (Å²) >= 11 is 4.86. The van der Waals surface area contributed by atoms with Crippen molar-refractivity contribution >= 4 is 24.3 Å². The van der Waals surface area contributed by atoms with Crippen molar-refractivity contribution in [3.8, 4) is 11.1 Å². The van der Waals surface area contributed by atoms with Gasteiger partial charge in [0.1, 0.15) is 0 Å². The van der Waals surface area contributed by atoms with E-state index < -0.39 is 0 Å². The molecule has 0 fully saturated rings. The van der Waals surface area contributed by atoms with Crippen molar-refractivity contribution in [1.82, 2.24) is 5.32 Å². The highest BCUT2D eigenvalue weighted by molar-refractivity contribution is 7.58. The second-order valence-corrected chi connectivity index (χ2v) is 5.86. The maximum absolute atomic E-state index is 12.5. The van der Waals surface area contributed by atoms with E-state index in [1.54, 1.807) is 12.1 Å². The van der Waals surface area contributed by atoms with E-state index in [2.05, 4.69) is 5.32 Å². The normalized spacial score (nSPS) is 12.0. The average Bonchev–Trinajstić information content (AvgIpc) is 2.80. The van der Waals surface area contributed by atoms with Crippen molar-refractivity contribution in [2.75, 3.05) is 12.3 Å². The van der Waals surface area contributed by atoms with Crippen LogP contribution in [0.15, 0.2) is 36.4 Å². The minimum absolute atomic E-state index is 0.00564. The zero-order valence-corrected chi connectivity index (χ0v) is 13.1. The van der Waals surface area contributed by atoms with Gasteiger partial charge in [-0.1, -0.05) is 30.2 Å². The number of carbonyl (C=O) groups is 2. The molecule has 0 aromatic heterocycles. The topological polar surface area (TPSA) is 46.2 Å². The van der Waals surface area contributed by atoms with Crippen molar-refractivity contribution in [1.29, 1.82) is 0 Å². The lowest BCUT2D eigenvalue weighted by molar-refractivity contribution is 0.0954. The molecule has 0 unspecified atom stereocenters. The monoisotopic (exact) mass is 310 g/mol. The van der Waals surface area contributed by atoms with E-state index in [-0.39, 0.29) is 11.7 Å². The van der Waals surface area contributed by atoms with Gasteiger partial charge >= 0.3 is 0 Å². The maximum Gasteiger partial charge on any atom is 0.251 e. The minimum Gasteiger partial charge on any atom is -0.793 e. The average molecular weight is 310 g/mol. The lowest BCUT2D eigenvalue weighted by Gasteiger charge is -2.08. The third-order valence-corrected chi connectivity index (χ3v) is 4.13. The van der Waals surface area contributed by atoms with Crippen molar-refractivity contribution in [3.05, 3.63) is 58.7 Å². The van der Waals surface area contributed by atoms with Crippen molar-refractivity contribution < 1.29 is 9.59 Å². The van der Waals surface area contributed by atoms with Gasteiger partial charge in [0.25, 0.3) is 5.91 Å². The van der Waals surface area contributed by atoms with Crippen LogP contribution in [0, 0.1) is 6.92 Å². The fraction of sp³-hybridized carbons (Fsp3) is 0.222. The molecule has 2 aromatic carbocycles. The van der Waals surface area contributed by atoms with Gasteiger partial charge in [-0.2, -0.15) is 5.75 Å². The molecule has 1 aliphatic rings. The Labute approximate surface area is 135 Å². The Kier molecular flexibility index (Phi) is 4.03. The van der Waals surface area contributed by atoms with E-state index in [0.29, 0.717) is 23.4 Å². The smallest absolute Gasteiger partial charge is 0.251 e. The number of hydrogen-bond donors (Lipinski definition) is 1. The lowest BCUT2D eigenvalue weighted by Crippen LogP contribution is -2.25. The molecule has 22 heavy (non-hydrogen) atoms. The van der Waals surface area contributed by atoms with Gasteiger partial charge < -0.3 is 17.9 Å². The molecular weight excluding hydrogens is 294 g/mol. The summed E-state index contributed by atoms with van der Waals surface area (Å²) in [4.78, 5) is 24.6. The Balaban J connectivity index is 1.92. The molecule has 0 spiro atoms. The summed E-state index contributed by atoms with van der Waals surface area (Å²) in [5.41, 5.74) is 4.75. The molecule has 4 heteroatoms. The highest BCUT2D eigenvalue weighted by Gasteiger charge is 2.27. The van der Waals surface area contributed by atoms with Crippen LogP contribution in [0.25, 0.3) is 11.1 Å². The third kappa shape index (κ3) is 2.55. The Morgan fingerprint density at radius 1 is 1.05 bits per heavy atom. The van der Waals surface area contributed by atoms with Crippen LogP contribution in [-0.2, 0) is 12.6 Å². The molecule has 0 saturated heterocycles. The first-order valence-electron chi connectivity index (χ1n) is 7.28. The summed E-state index contributed by atoms with van der Waals surface area (Å²) in [7, 11) is 0. The van der Waals surface area contributed by atoms with E-state index in [0.717, 1.165) is 28.7 Å². The fourth-order valence-corrected chi connectivity index (χ4v) is 2.85. The van der Waals surface area contributed by atoms with Crippen LogP contribution in [0.2, 0.25) is 0 Å². The number of aryl methyl sites for hydroxylation is 1. The van der Waals surface area contributed by atoms with Gasteiger partial charge in [0.05, 0.1) is 0 Å². The first-order chi connectivity index (χ1) is 10.6. The molecule has 0 radical (unpaired) electrons. The number of fused-ring (bicyclic) bond motifs is 3. The van der Waals surface area contributed by atoms with Gasteiger partial charge in [-0.15, -0.1) is 0 Å². The predicted molar refractivity (Wildman–Crippen MR) is 89.2 cm³/mol. The third-order valence-electron chi connectivity index (χ3n) is 3.84.